The van der Waals surface area contributed by atoms with Crippen molar-refractivity contribution in [1.82, 2.24) is 29.9 Å². The van der Waals surface area contributed by atoms with Gasteiger partial charge in [0.2, 0.25) is 11.8 Å². The number of aryl methyl sites for hydroxylation is 1. The lowest BCUT2D eigenvalue weighted by Crippen LogP contribution is -2.35. The van der Waals surface area contributed by atoms with Gasteiger partial charge in [0.05, 0.1) is 27.7 Å². The molecule has 3 N–H and O–H groups in total. The van der Waals surface area contributed by atoms with Gasteiger partial charge in [-0.3, -0.25) is 19.0 Å². The summed E-state index contributed by atoms with van der Waals surface area (Å²) in [6.45, 7) is 3.31. The van der Waals surface area contributed by atoms with Crippen LogP contribution in [0.15, 0.2) is 42.5 Å². The van der Waals surface area contributed by atoms with Crippen molar-refractivity contribution in [1.29, 1.82) is 0 Å². The van der Waals surface area contributed by atoms with Crippen LogP contribution in [0.25, 0.3) is 22.0 Å². The highest BCUT2D eigenvalue weighted by Gasteiger charge is 2.67. The molecule has 1 saturated carbocycles. The van der Waals surface area contributed by atoms with Crippen LogP contribution in [0.5, 0.6) is 0 Å². The number of alkyl halides is 4. The average molecular weight is 784 g/mol. The van der Waals surface area contributed by atoms with Gasteiger partial charge in [0.1, 0.15) is 40.9 Å². The summed E-state index contributed by atoms with van der Waals surface area (Å²) >= 11 is 6.61. The summed E-state index contributed by atoms with van der Waals surface area (Å²) in [6, 6.07) is 7.82. The molecule has 2 aliphatic rings. The first-order valence-corrected chi connectivity index (χ1v) is 17.4. The molecule has 7 rings (SSSR count). The lowest BCUT2D eigenvalue weighted by molar-refractivity contribution is -0.123. The van der Waals surface area contributed by atoms with Crippen molar-refractivity contribution in [2.75, 3.05) is 5.32 Å². The molecular weight excluding hydrogens is 752 g/mol. The van der Waals surface area contributed by atoms with E-state index in [0.29, 0.717) is 32.8 Å². The van der Waals surface area contributed by atoms with E-state index in [1.54, 1.807) is 25.2 Å². The molecule has 0 saturated heterocycles. The van der Waals surface area contributed by atoms with E-state index in [1.807, 2.05) is 0 Å². The van der Waals surface area contributed by atoms with Crippen LogP contribution in [0, 0.1) is 29.4 Å². The van der Waals surface area contributed by atoms with Crippen molar-refractivity contribution < 1.29 is 41.0 Å². The minimum absolute atomic E-state index is 0.0337. The molecule has 55 heavy (non-hydrogen) atoms. The average Bonchev–Trinajstić information content (AvgIpc) is 3.62. The van der Waals surface area contributed by atoms with Crippen LogP contribution in [0.1, 0.15) is 79.5 Å². The van der Waals surface area contributed by atoms with Gasteiger partial charge < -0.3 is 15.7 Å². The zero-order valence-electron chi connectivity index (χ0n) is 29.6. The van der Waals surface area contributed by atoms with E-state index in [1.165, 1.54) is 31.5 Å². The molecule has 0 radical (unpaired) electrons. The molecule has 3 aromatic heterocycles. The van der Waals surface area contributed by atoms with E-state index in [2.05, 4.69) is 32.7 Å². The van der Waals surface area contributed by atoms with E-state index < -0.39 is 77.2 Å². The summed E-state index contributed by atoms with van der Waals surface area (Å²) in [7, 11) is 1.61. The van der Waals surface area contributed by atoms with Gasteiger partial charge in [-0.25, -0.2) is 22.5 Å². The number of benzene rings is 2. The standard InChI is InChI=1S/C38H32ClF6N7O3/c1-17(53)46-36-30-26(39)8-7-23(33(30)51(4)50-36)22-6-5-21(9-10-37(2,3)55)47-31(22)27(13-18-11-19(40)14-20(41)12-18)48-28(54)16-52-34-29(32(49-52)35(42)43)24-15-25(24)38(34,44)45/h5-8,11-12,14,24-25,27,35,55H,13,15-16H2,1-4H3,(H,48,54)(H,46,50,53)/t24-,25+,27-/m0/s1. The quantitative estimate of drug-likeness (QED) is 0.108. The smallest absolute Gasteiger partial charge is 0.293 e. The zero-order chi connectivity index (χ0) is 39.7. The maximum Gasteiger partial charge on any atom is 0.293 e. The number of aliphatic hydroxyl groups is 1. The highest BCUT2D eigenvalue weighted by Crippen LogP contribution is 2.68. The summed E-state index contributed by atoms with van der Waals surface area (Å²) in [4.78, 5) is 30.7. The predicted octanol–water partition coefficient (Wildman–Crippen LogP) is 7.09. The minimum atomic E-state index is -3.49. The molecule has 2 aromatic carbocycles. The Morgan fingerprint density at radius 1 is 1.07 bits per heavy atom. The molecule has 1 fully saturated rings. The zero-order valence-corrected chi connectivity index (χ0v) is 30.4. The molecule has 17 heteroatoms. The normalized spacial score (nSPS) is 17.4. The highest BCUT2D eigenvalue weighted by molar-refractivity contribution is 6.37. The van der Waals surface area contributed by atoms with Crippen LogP contribution < -0.4 is 10.6 Å². The number of amides is 2. The third kappa shape index (κ3) is 7.26. The molecule has 3 heterocycles. The largest absolute Gasteiger partial charge is 0.378 e. The van der Waals surface area contributed by atoms with Gasteiger partial charge in [0, 0.05) is 42.6 Å². The van der Waals surface area contributed by atoms with Crippen LogP contribution in [0.4, 0.5) is 32.2 Å². The Morgan fingerprint density at radius 3 is 2.42 bits per heavy atom. The molecule has 0 bridgehead atoms. The van der Waals surface area contributed by atoms with E-state index in [0.717, 1.165) is 12.1 Å². The Morgan fingerprint density at radius 2 is 1.76 bits per heavy atom. The third-order valence-corrected chi connectivity index (χ3v) is 9.75. The summed E-state index contributed by atoms with van der Waals surface area (Å²) < 4.78 is 89.9. The minimum Gasteiger partial charge on any atom is -0.378 e. The van der Waals surface area contributed by atoms with Gasteiger partial charge in [-0.1, -0.05) is 23.6 Å². The number of nitrogens with zero attached hydrogens (tertiary/aromatic N) is 5. The number of hydrogen-bond acceptors (Lipinski definition) is 6. The predicted molar refractivity (Wildman–Crippen MR) is 189 cm³/mol. The molecule has 0 aliphatic heterocycles. The first kappa shape index (κ1) is 37.9. The number of anilines is 1. The number of nitrogens with one attached hydrogen (secondary N) is 2. The fourth-order valence-corrected chi connectivity index (χ4v) is 7.48. The van der Waals surface area contributed by atoms with Crippen molar-refractivity contribution in [3.63, 3.8) is 0 Å². The second-order valence-electron chi connectivity index (χ2n) is 14.2. The molecule has 10 nitrogen and oxygen atoms in total. The van der Waals surface area contributed by atoms with Gasteiger partial charge in [-0.05, 0) is 74.4 Å². The maximum atomic E-state index is 15.4. The Balaban J connectivity index is 1.38. The number of halogens is 7. The van der Waals surface area contributed by atoms with Gasteiger partial charge in [-0.2, -0.15) is 19.0 Å². The van der Waals surface area contributed by atoms with Gasteiger partial charge in [0.15, 0.2) is 5.82 Å². The summed E-state index contributed by atoms with van der Waals surface area (Å²) in [5, 5.41) is 24.4. The number of hydrogen-bond donors (Lipinski definition) is 3. The number of pyridine rings is 1. The fraction of sp³-hybridized carbons (Fsp3) is 0.342. The number of aromatic nitrogens is 5. The molecule has 3 atom stereocenters. The summed E-state index contributed by atoms with van der Waals surface area (Å²) in [5.41, 5.74) is -1.76. The van der Waals surface area contributed by atoms with E-state index in [9.17, 15) is 32.3 Å². The molecule has 0 unspecified atom stereocenters. The van der Waals surface area contributed by atoms with Crippen molar-refractivity contribution in [2.24, 2.45) is 13.0 Å². The Kier molecular flexibility index (Phi) is 9.45. The van der Waals surface area contributed by atoms with Gasteiger partial charge in [0.25, 0.3) is 12.3 Å². The number of rotatable bonds is 9. The van der Waals surface area contributed by atoms with Crippen molar-refractivity contribution >= 4 is 40.1 Å². The maximum absolute atomic E-state index is 15.4. The Bertz CT molecular complexity index is 2440. The van der Waals surface area contributed by atoms with Crippen molar-refractivity contribution in [2.45, 2.75) is 70.1 Å². The number of carbonyl (C=O) groups excluding carboxylic acids is 2. The van der Waals surface area contributed by atoms with Crippen LogP contribution >= 0.6 is 11.6 Å². The summed E-state index contributed by atoms with van der Waals surface area (Å²) in [5.74, 6) is -3.01. The monoisotopic (exact) mass is 783 g/mol. The van der Waals surface area contributed by atoms with Gasteiger partial charge >= 0.3 is 0 Å². The SMILES string of the molecule is CC(=O)Nc1nn(C)c2c(-c3ccc(C#CC(C)(C)O)nc3[C@H](Cc3cc(F)cc(F)c3)NC(=O)Cn3nc(C(F)F)c4c3C(F)(F)[C@@H]3C[C@H]43)ccc(Cl)c12. The van der Waals surface area contributed by atoms with E-state index >= 15 is 8.78 Å². The fourth-order valence-electron chi connectivity index (χ4n) is 7.24. The molecular formula is C38H32ClF6N7O3. The Labute approximate surface area is 314 Å². The second kappa shape index (κ2) is 13.7. The van der Waals surface area contributed by atoms with E-state index in [-0.39, 0.29) is 46.2 Å². The van der Waals surface area contributed by atoms with Crippen LogP contribution in [-0.4, -0.2) is 47.1 Å². The topological polar surface area (TPSA) is 127 Å². The summed E-state index contributed by atoms with van der Waals surface area (Å²) in [6.07, 6.45) is -3.42. The molecule has 0 spiro atoms. The lowest BCUT2D eigenvalue weighted by atomic mass is 9.93. The highest BCUT2D eigenvalue weighted by atomic mass is 35.5. The first-order chi connectivity index (χ1) is 25.8. The molecule has 2 aliphatic carbocycles. The van der Waals surface area contributed by atoms with Crippen molar-refractivity contribution in [3.05, 3.63) is 93.0 Å². The second-order valence-corrected chi connectivity index (χ2v) is 14.6. The Hall–Kier alpha value is -5.40. The van der Waals surface area contributed by atoms with Crippen molar-refractivity contribution in [3.8, 4) is 23.0 Å². The van der Waals surface area contributed by atoms with Crippen LogP contribution in [-0.2, 0) is 35.5 Å². The van der Waals surface area contributed by atoms with Crippen LogP contribution in [0.2, 0.25) is 5.02 Å². The lowest BCUT2D eigenvalue weighted by Gasteiger charge is -2.23. The molecule has 5 aromatic rings. The van der Waals surface area contributed by atoms with E-state index in [4.69, 9.17) is 16.6 Å². The third-order valence-electron chi connectivity index (χ3n) is 9.43. The number of carbonyl (C=O) groups is 2. The first-order valence-electron chi connectivity index (χ1n) is 17.0. The van der Waals surface area contributed by atoms with Gasteiger partial charge in [-0.15, -0.1) is 0 Å². The molecule has 2 amide bonds. The molecule has 286 valence electrons. The number of fused-ring (bicyclic) bond motifs is 4. The van der Waals surface area contributed by atoms with Crippen LogP contribution in [0.3, 0.4) is 0 Å².